The van der Waals surface area contributed by atoms with E-state index in [-0.39, 0.29) is 5.12 Å². The third kappa shape index (κ3) is 5.13. The second-order valence-corrected chi connectivity index (χ2v) is 9.49. The molecule has 31 heavy (non-hydrogen) atoms. The summed E-state index contributed by atoms with van der Waals surface area (Å²) in [5.74, 6) is 2.52. The first-order chi connectivity index (χ1) is 15.2. The van der Waals surface area contributed by atoms with Crippen LogP contribution >= 0.6 is 27.7 Å². The Morgan fingerprint density at radius 3 is 2.77 bits per heavy atom. The predicted molar refractivity (Wildman–Crippen MR) is 133 cm³/mol. The number of para-hydroxylation sites is 3. The second kappa shape index (κ2) is 10.3. The van der Waals surface area contributed by atoms with Crippen molar-refractivity contribution in [3.05, 3.63) is 72.2 Å². The fourth-order valence-electron chi connectivity index (χ4n) is 3.82. The molecule has 0 aliphatic carbocycles. The van der Waals surface area contributed by atoms with Gasteiger partial charge < -0.3 is 9.64 Å². The van der Waals surface area contributed by atoms with Gasteiger partial charge in [0.25, 0.3) is 0 Å². The number of alkyl halides is 1. The van der Waals surface area contributed by atoms with Crippen molar-refractivity contribution in [2.24, 2.45) is 0 Å². The van der Waals surface area contributed by atoms with E-state index < -0.39 is 0 Å². The number of thioether (sulfide) groups is 1. The second-order valence-electron chi connectivity index (χ2n) is 7.42. The molecule has 0 bridgehead atoms. The number of carbonyl (C=O) groups excluding carboxylic acids is 1. The standard InChI is InChI=1S/C25H26BrN2O2S/c1-19(29)31-17-7-15-28-23-10-4-5-11-24(23)30-25(28)18-20-12-16-27(14-6-13-26)22-9-3-2-8-21(20)22/h2-5,8-12,16,18H,6-7,13-15,17H2,1H3/q+1. The van der Waals surface area contributed by atoms with Crippen molar-refractivity contribution < 1.29 is 14.1 Å². The highest BCUT2D eigenvalue weighted by atomic mass is 79.9. The summed E-state index contributed by atoms with van der Waals surface area (Å²) in [5, 5.41) is 2.36. The number of halogens is 1. The van der Waals surface area contributed by atoms with Gasteiger partial charge >= 0.3 is 0 Å². The highest BCUT2D eigenvalue weighted by molar-refractivity contribution is 9.09. The number of aromatic nitrogens is 1. The van der Waals surface area contributed by atoms with Crippen LogP contribution in [-0.2, 0) is 11.3 Å². The number of benzene rings is 2. The van der Waals surface area contributed by atoms with Gasteiger partial charge in [0.15, 0.2) is 17.1 Å². The minimum absolute atomic E-state index is 0.165. The number of anilines is 1. The Kier molecular flexibility index (Phi) is 7.30. The van der Waals surface area contributed by atoms with Crippen LogP contribution in [0.4, 0.5) is 5.69 Å². The van der Waals surface area contributed by atoms with Crippen molar-refractivity contribution in [2.45, 2.75) is 26.3 Å². The van der Waals surface area contributed by atoms with Gasteiger partial charge in [-0.05, 0) is 30.2 Å². The molecule has 0 radical (unpaired) electrons. The van der Waals surface area contributed by atoms with Crippen molar-refractivity contribution in [1.82, 2.24) is 0 Å². The van der Waals surface area contributed by atoms with E-state index in [1.165, 1.54) is 22.7 Å². The van der Waals surface area contributed by atoms with Crippen LogP contribution in [0.15, 0.2) is 66.7 Å². The monoisotopic (exact) mass is 497 g/mol. The Morgan fingerprint density at radius 1 is 1.13 bits per heavy atom. The SMILES string of the molecule is CC(=O)SCCCN1/C(=C/c2cc[n+](CCCBr)c3ccccc23)Oc2ccccc21. The fraction of sp³-hybridized carbons (Fsp3) is 0.280. The molecule has 2 aromatic carbocycles. The van der Waals surface area contributed by atoms with Gasteiger partial charge in [0, 0.05) is 49.2 Å². The molecule has 3 aromatic rings. The zero-order chi connectivity index (χ0) is 21.6. The number of ether oxygens (including phenoxy) is 1. The zero-order valence-corrected chi connectivity index (χ0v) is 20.0. The number of carbonyl (C=O) groups is 1. The third-order valence-corrected chi connectivity index (χ3v) is 6.70. The Labute approximate surface area is 196 Å². The molecule has 4 rings (SSSR count). The molecule has 0 amide bonds. The maximum atomic E-state index is 11.3. The first-order valence-corrected chi connectivity index (χ1v) is 12.6. The molecule has 2 heterocycles. The number of nitrogens with zero attached hydrogens (tertiary/aromatic N) is 2. The number of hydrogen-bond donors (Lipinski definition) is 0. The summed E-state index contributed by atoms with van der Waals surface area (Å²) in [6.45, 7) is 3.40. The van der Waals surface area contributed by atoms with Crippen LogP contribution in [0.3, 0.4) is 0 Å². The van der Waals surface area contributed by atoms with Gasteiger partial charge in [-0.15, -0.1) is 0 Å². The van der Waals surface area contributed by atoms with Gasteiger partial charge in [0.05, 0.1) is 11.1 Å². The molecule has 0 atom stereocenters. The fourth-order valence-corrected chi connectivity index (χ4v) is 4.63. The lowest BCUT2D eigenvalue weighted by Crippen LogP contribution is -2.34. The Morgan fingerprint density at radius 2 is 1.94 bits per heavy atom. The summed E-state index contributed by atoms with van der Waals surface area (Å²) in [6, 6.07) is 18.8. The molecule has 0 unspecified atom stereocenters. The largest absolute Gasteiger partial charge is 0.439 e. The van der Waals surface area contributed by atoms with Crippen molar-refractivity contribution in [2.75, 3.05) is 22.5 Å². The lowest BCUT2D eigenvalue weighted by Gasteiger charge is -2.18. The van der Waals surface area contributed by atoms with Crippen LogP contribution in [0.25, 0.3) is 17.0 Å². The van der Waals surface area contributed by atoms with E-state index in [1.54, 1.807) is 6.92 Å². The zero-order valence-electron chi connectivity index (χ0n) is 17.6. The lowest BCUT2D eigenvalue weighted by atomic mass is 10.1. The lowest BCUT2D eigenvalue weighted by molar-refractivity contribution is -0.671. The number of pyridine rings is 1. The van der Waals surface area contributed by atoms with Gasteiger partial charge in [-0.2, -0.15) is 4.57 Å². The summed E-state index contributed by atoms with van der Waals surface area (Å²) >= 11 is 4.91. The van der Waals surface area contributed by atoms with Gasteiger partial charge in [0.1, 0.15) is 6.54 Å². The molecule has 6 heteroatoms. The highest BCUT2D eigenvalue weighted by Gasteiger charge is 2.26. The normalized spacial score (nSPS) is 14.1. The first-order valence-electron chi connectivity index (χ1n) is 10.5. The smallest absolute Gasteiger partial charge is 0.213 e. The number of aryl methyl sites for hydroxylation is 1. The molecule has 1 aliphatic rings. The van der Waals surface area contributed by atoms with Crippen LogP contribution in [0.2, 0.25) is 0 Å². The number of hydrogen-bond acceptors (Lipinski definition) is 4. The third-order valence-electron chi connectivity index (χ3n) is 5.24. The van der Waals surface area contributed by atoms with Crippen molar-refractivity contribution in [3.63, 3.8) is 0 Å². The molecule has 0 fully saturated rings. The average Bonchev–Trinajstić information content (AvgIpc) is 3.13. The average molecular weight is 498 g/mol. The summed E-state index contributed by atoms with van der Waals surface area (Å²) in [6.07, 6.45) is 6.28. The van der Waals surface area contributed by atoms with E-state index >= 15 is 0 Å². The van der Waals surface area contributed by atoms with E-state index in [4.69, 9.17) is 4.74 Å². The van der Waals surface area contributed by atoms with Gasteiger partial charge in [-0.1, -0.05) is 52.0 Å². The minimum Gasteiger partial charge on any atom is -0.439 e. The predicted octanol–water partition coefficient (Wildman–Crippen LogP) is 5.78. The molecule has 1 aromatic heterocycles. The van der Waals surface area contributed by atoms with Gasteiger partial charge in [0.2, 0.25) is 11.4 Å². The topological polar surface area (TPSA) is 33.4 Å². The maximum Gasteiger partial charge on any atom is 0.213 e. The van der Waals surface area contributed by atoms with Crippen molar-refractivity contribution in [1.29, 1.82) is 0 Å². The Balaban J connectivity index is 1.66. The van der Waals surface area contributed by atoms with E-state index in [0.717, 1.165) is 59.9 Å². The van der Waals surface area contributed by atoms with Gasteiger partial charge in [-0.25, -0.2) is 0 Å². The Hall–Kier alpha value is -2.31. The van der Waals surface area contributed by atoms with E-state index in [0.29, 0.717) is 0 Å². The van der Waals surface area contributed by atoms with Crippen molar-refractivity contribution in [3.8, 4) is 5.75 Å². The van der Waals surface area contributed by atoms with E-state index in [9.17, 15) is 4.79 Å². The molecule has 0 saturated carbocycles. The molecule has 4 nitrogen and oxygen atoms in total. The minimum atomic E-state index is 0.165. The molecule has 160 valence electrons. The van der Waals surface area contributed by atoms with E-state index in [1.807, 2.05) is 18.2 Å². The summed E-state index contributed by atoms with van der Waals surface area (Å²) in [7, 11) is 0. The Bertz CT molecular complexity index is 1120. The van der Waals surface area contributed by atoms with Crippen LogP contribution in [0, 0.1) is 0 Å². The summed E-state index contributed by atoms with van der Waals surface area (Å²) < 4.78 is 8.55. The molecule has 0 saturated heterocycles. The van der Waals surface area contributed by atoms with Crippen LogP contribution in [-0.4, -0.2) is 22.7 Å². The van der Waals surface area contributed by atoms with Crippen LogP contribution in [0.5, 0.6) is 5.75 Å². The summed E-state index contributed by atoms with van der Waals surface area (Å²) in [5.41, 5.74) is 3.43. The molecular formula is C25H26BrN2O2S+. The molecular weight excluding hydrogens is 472 g/mol. The maximum absolute atomic E-state index is 11.3. The molecule has 0 spiro atoms. The van der Waals surface area contributed by atoms with Crippen LogP contribution < -0.4 is 14.2 Å². The van der Waals surface area contributed by atoms with Crippen molar-refractivity contribution >= 4 is 55.5 Å². The van der Waals surface area contributed by atoms with Crippen LogP contribution in [0.1, 0.15) is 25.3 Å². The molecule has 1 aliphatic heterocycles. The highest BCUT2D eigenvalue weighted by Crippen LogP contribution is 2.39. The summed E-state index contributed by atoms with van der Waals surface area (Å²) in [4.78, 5) is 13.5. The first kappa shape index (κ1) is 21.9. The van der Waals surface area contributed by atoms with E-state index in [2.05, 4.69) is 74.1 Å². The van der Waals surface area contributed by atoms with Gasteiger partial charge in [-0.3, -0.25) is 4.79 Å². The number of rotatable bonds is 8. The molecule has 0 N–H and O–H groups in total. The number of fused-ring (bicyclic) bond motifs is 2. The quantitative estimate of drug-likeness (QED) is 0.224.